The first kappa shape index (κ1) is 11.3. The van der Waals surface area contributed by atoms with Crippen molar-refractivity contribution in [3.8, 4) is 5.19 Å². The van der Waals surface area contributed by atoms with Gasteiger partial charge in [0.25, 0.3) is 5.19 Å². The Bertz CT molecular complexity index is 338. The van der Waals surface area contributed by atoms with Crippen LogP contribution in [0.5, 0.6) is 5.19 Å². The van der Waals surface area contributed by atoms with E-state index in [1.165, 1.54) is 0 Å². The van der Waals surface area contributed by atoms with Crippen LogP contribution in [0.25, 0.3) is 0 Å². The van der Waals surface area contributed by atoms with Crippen LogP contribution < -0.4 is 4.74 Å². The summed E-state index contributed by atoms with van der Waals surface area (Å²) in [5.41, 5.74) is 0. The van der Waals surface area contributed by atoms with Gasteiger partial charge in [0, 0.05) is 0 Å². The molecule has 14 heavy (non-hydrogen) atoms. The average Bonchev–Trinajstić information content (AvgIpc) is 2.42. The standard InChI is InChI=1S/C6H3ClF3NO2S/c7-4-3(1-12)14-5(11-4)13-2-6(8,9)10/h1H,2H2. The molecule has 0 atom stereocenters. The molecule has 0 radical (unpaired) electrons. The number of alkyl halides is 3. The summed E-state index contributed by atoms with van der Waals surface area (Å²) in [4.78, 5) is 13.7. The Morgan fingerprint density at radius 3 is 2.64 bits per heavy atom. The second kappa shape index (κ2) is 4.14. The molecule has 78 valence electrons. The molecule has 0 spiro atoms. The molecule has 0 fully saturated rings. The Morgan fingerprint density at radius 1 is 1.57 bits per heavy atom. The van der Waals surface area contributed by atoms with Crippen molar-refractivity contribution < 1.29 is 22.7 Å². The summed E-state index contributed by atoms with van der Waals surface area (Å²) in [6.45, 7) is -1.45. The number of nitrogens with zero attached hydrogens (tertiary/aromatic N) is 1. The van der Waals surface area contributed by atoms with Crippen molar-refractivity contribution in [3.05, 3.63) is 10.0 Å². The van der Waals surface area contributed by atoms with E-state index in [9.17, 15) is 18.0 Å². The van der Waals surface area contributed by atoms with Gasteiger partial charge in [-0.2, -0.15) is 18.2 Å². The van der Waals surface area contributed by atoms with E-state index < -0.39 is 12.8 Å². The van der Waals surface area contributed by atoms with E-state index in [1.807, 2.05) is 0 Å². The van der Waals surface area contributed by atoms with Gasteiger partial charge < -0.3 is 4.74 Å². The topological polar surface area (TPSA) is 39.2 Å². The molecule has 0 bridgehead atoms. The zero-order valence-electron chi connectivity index (χ0n) is 6.47. The Hall–Kier alpha value is -0.820. The van der Waals surface area contributed by atoms with E-state index in [0.717, 1.165) is 0 Å². The maximum Gasteiger partial charge on any atom is 0.422 e. The van der Waals surface area contributed by atoms with Crippen molar-refractivity contribution in [2.24, 2.45) is 0 Å². The molecule has 0 amide bonds. The highest BCUT2D eigenvalue weighted by Crippen LogP contribution is 2.28. The fraction of sp³-hybridized carbons (Fsp3) is 0.333. The number of rotatable bonds is 3. The molecule has 1 heterocycles. The summed E-state index contributed by atoms with van der Waals surface area (Å²) in [6, 6.07) is 0. The van der Waals surface area contributed by atoms with E-state index in [2.05, 4.69) is 9.72 Å². The average molecular weight is 246 g/mol. The van der Waals surface area contributed by atoms with Crippen LogP contribution in [0.2, 0.25) is 5.15 Å². The molecule has 8 heteroatoms. The smallest absolute Gasteiger partial charge is 0.422 e. The molecule has 0 saturated heterocycles. The predicted octanol–water partition coefficient (Wildman–Crippen LogP) is 2.55. The van der Waals surface area contributed by atoms with E-state index in [-0.39, 0.29) is 15.2 Å². The molecule has 0 N–H and O–H groups in total. The minimum atomic E-state index is -4.43. The summed E-state index contributed by atoms with van der Waals surface area (Å²) in [5.74, 6) is 0. The van der Waals surface area contributed by atoms with Crippen LogP contribution in [0.1, 0.15) is 9.67 Å². The number of hydrogen-bond donors (Lipinski definition) is 0. The second-order valence-electron chi connectivity index (χ2n) is 2.16. The minimum Gasteiger partial charge on any atom is -0.460 e. The predicted molar refractivity (Wildman–Crippen MR) is 44.1 cm³/mol. The third-order valence-electron chi connectivity index (χ3n) is 1.06. The molecule has 0 unspecified atom stereocenters. The lowest BCUT2D eigenvalue weighted by Crippen LogP contribution is -2.19. The second-order valence-corrected chi connectivity index (χ2v) is 3.51. The quantitative estimate of drug-likeness (QED) is 0.769. The van der Waals surface area contributed by atoms with Crippen LogP contribution in [0.3, 0.4) is 0 Å². The largest absolute Gasteiger partial charge is 0.460 e. The SMILES string of the molecule is O=Cc1sc(OCC(F)(F)F)nc1Cl. The summed E-state index contributed by atoms with van der Waals surface area (Å²) in [6.07, 6.45) is -4.03. The number of thiazole rings is 1. The Kier molecular flexibility index (Phi) is 3.33. The normalized spacial score (nSPS) is 11.4. The number of ether oxygens (including phenoxy) is 1. The van der Waals surface area contributed by atoms with Crippen molar-refractivity contribution in [1.29, 1.82) is 0 Å². The molecule has 1 rings (SSSR count). The van der Waals surface area contributed by atoms with Gasteiger partial charge in [-0.1, -0.05) is 22.9 Å². The maximum atomic E-state index is 11.7. The minimum absolute atomic E-state index is 0.0452. The lowest BCUT2D eigenvalue weighted by molar-refractivity contribution is -0.153. The van der Waals surface area contributed by atoms with Crippen molar-refractivity contribution >= 4 is 29.2 Å². The Labute approximate surface area is 85.5 Å². The van der Waals surface area contributed by atoms with Gasteiger partial charge in [-0.3, -0.25) is 4.79 Å². The van der Waals surface area contributed by atoms with E-state index >= 15 is 0 Å². The first-order valence-electron chi connectivity index (χ1n) is 3.23. The summed E-state index contributed by atoms with van der Waals surface area (Å²) >= 11 is 6.07. The highest BCUT2D eigenvalue weighted by atomic mass is 35.5. The van der Waals surface area contributed by atoms with Gasteiger partial charge in [-0.15, -0.1) is 0 Å². The Morgan fingerprint density at radius 2 is 2.21 bits per heavy atom. The van der Waals surface area contributed by atoms with Gasteiger partial charge >= 0.3 is 6.18 Å². The fourth-order valence-electron chi connectivity index (χ4n) is 0.572. The monoisotopic (exact) mass is 245 g/mol. The van der Waals surface area contributed by atoms with Gasteiger partial charge in [-0.25, -0.2) is 0 Å². The van der Waals surface area contributed by atoms with E-state index in [4.69, 9.17) is 11.6 Å². The van der Waals surface area contributed by atoms with E-state index in [1.54, 1.807) is 0 Å². The molecule has 0 aromatic carbocycles. The molecular weight excluding hydrogens is 243 g/mol. The van der Waals surface area contributed by atoms with Crippen LogP contribution in [-0.2, 0) is 0 Å². The molecule has 1 aromatic rings. The van der Waals surface area contributed by atoms with Crippen molar-refractivity contribution in [2.45, 2.75) is 6.18 Å². The molecule has 0 aliphatic rings. The first-order chi connectivity index (χ1) is 6.42. The highest BCUT2D eigenvalue weighted by molar-refractivity contribution is 7.15. The van der Waals surface area contributed by atoms with E-state index in [0.29, 0.717) is 17.6 Å². The number of carbonyl (C=O) groups excluding carboxylic acids is 1. The van der Waals surface area contributed by atoms with Gasteiger partial charge in [-0.05, 0) is 0 Å². The number of aromatic nitrogens is 1. The number of aldehydes is 1. The Balaban J connectivity index is 2.64. The lowest BCUT2D eigenvalue weighted by Gasteiger charge is -2.04. The molecule has 1 aromatic heterocycles. The number of halogens is 4. The van der Waals surface area contributed by atoms with Gasteiger partial charge in [0.05, 0.1) is 0 Å². The summed E-state index contributed by atoms with van der Waals surface area (Å²) < 4.78 is 39.3. The zero-order chi connectivity index (χ0) is 10.8. The van der Waals surface area contributed by atoms with Crippen LogP contribution in [0.4, 0.5) is 13.2 Å². The first-order valence-corrected chi connectivity index (χ1v) is 4.43. The third kappa shape index (κ3) is 3.15. The maximum absolute atomic E-state index is 11.7. The number of hydrogen-bond acceptors (Lipinski definition) is 4. The van der Waals surface area contributed by atoms with Crippen molar-refractivity contribution in [1.82, 2.24) is 4.98 Å². The molecular formula is C6H3ClF3NO2S. The zero-order valence-corrected chi connectivity index (χ0v) is 8.04. The van der Waals surface area contributed by atoms with Crippen LogP contribution in [0.15, 0.2) is 0 Å². The molecule has 3 nitrogen and oxygen atoms in total. The van der Waals surface area contributed by atoms with Crippen LogP contribution in [0, 0.1) is 0 Å². The lowest BCUT2D eigenvalue weighted by atomic mass is 10.6. The number of carbonyl (C=O) groups is 1. The fourth-order valence-corrected chi connectivity index (χ4v) is 1.48. The summed E-state index contributed by atoms with van der Waals surface area (Å²) in [7, 11) is 0. The molecule has 0 saturated carbocycles. The van der Waals surface area contributed by atoms with Crippen LogP contribution >= 0.6 is 22.9 Å². The third-order valence-corrected chi connectivity index (χ3v) is 2.35. The highest BCUT2D eigenvalue weighted by Gasteiger charge is 2.29. The van der Waals surface area contributed by atoms with Crippen LogP contribution in [-0.4, -0.2) is 24.1 Å². The molecule has 0 aliphatic carbocycles. The van der Waals surface area contributed by atoms with Crippen molar-refractivity contribution in [3.63, 3.8) is 0 Å². The van der Waals surface area contributed by atoms with Crippen molar-refractivity contribution in [2.75, 3.05) is 6.61 Å². The van der Waals surface area contributed by atoms with Gasteiger partial charge in [0.2, 0.25) is 0 Å². The van der Waals surface area contributed by atoms with Gasteiger partial charge in [0.15, 0.2) is 18.0 Å². The summed E-state index contributed by atoms with van der Waals surface area (Å²) in [5, 5.41) is -0.420. The van der Waals surface area contributed by atoms with Gasteiger partial charge in [0.1, 0.15) is 4.88 Å². The molecule has 0 aliphatic heterocycles.